The number of thioether (sulfide) groups is 1. The van der Waals surface area contributed by atoms with Crippen LogP contribution in [-0.2, 0) is 16.6 Å². The first kappa shape index (κ1) is 21.2. The van der Waals surface area contributed by atoms with Crippen molar-refractivity contribution >= 4 is 46.6 Å². The first-order chi connectivity index (χ1) is 15.0. The quantitative estimate of drug-likeness (QED) is 0.568. The molecular formula is C21H20ClN5O3S. The Kier molecular flexibility index (Phi) is 6.15. The molecular weight excluding hydrogens is 438 g/mol. The fourth-order valence-corrected chi connectivity index (χ4v) is 4.26. The van der Waals surface area contributed by atoms with Crippen LogP contribution in [0.2, 0.25) is 5.02 Å². The summed E-state index contributed by atoms with van der Waals surface area (Å²) in [5.41, 5.74) is 1.26. The highest BCUT2D eigenvalue weighted by molar-refractivity contribution is 7.99. The highest BCUT2D eigenvalue weighted by Gasteiger charge is 2.32. The average molecular weight is 458 g/mol. The van der Waals surface area contributed by atoms with E-state index in [1.54, 1.807) is 33.7 Å². The van der Waals surface area contributed by atoms with E-state index in [9.17, 15) is 9.59 Å². The number of carbonyl (C=O) groups is 2. The van der Waals surface area contributed by atoms with E-state index in [2.05, 4.69) is 15.5 Å². The van der Waals surface area contributed by atoms with Crippen LogP contribution in [0.1, 0.15) is 18.8 Å². The first-order valence-corrected chi connectivity index (χ1v) is 10.9. The largest absolute Gasteiger partial charge is 0.482 e. The summed E-state index contributed by atoms with van der Waals surface area (Å²) in [6, 6.07) is 14.1. The summed E-state index contributed by atoms with van der Waals surface area (Å²) in [5, 5.41) is 12.3. The molecule has 3 aromatic rings. The Morgan fingerprint density at radius 1 is 1.23 bits per heavy atom. The molecule has 0 saturated carbocycles. The van der Waals surface area contributed by atoms with Gasteiger partial charge < -0.3 is 14.6 Å². The van der Waals surface area contributed by atoms with Gasteiger partial charge in [-0.05, 0) is 31.2 Å². The zero-order chi connectivity index (χ0) is 22.0. The number of halogens is 1. The van der Waals surface area contributed by atoms with Gasteiger partial charge in [-0.3, -0.25) is 14.5 Å². The standard InChI is InChI=1S/C21H20ClN5O3S/c1-13(27-16-9-5-6-10-17(16)30-11-19(27)29)20-24-25-21(26(20)2)31-12-18(28)23-15-8-4-3-7-14(15)22/h3-10,13H,11-12H2,1-2H3,(H,23,28)/t13-/m1/s1. The number of hydrogen-bond acceptors (Lipinski definition) is 6. The Hall–Kier alpha value is -3.04. The highest BCUT2D eigenvalue weighted by atomic mass is 35.5. The molecule has 160 valence electrons. The minimum atomic E-state index is -0.360. The molecule has 31 heavy (non-hydrogen) atoms. The Labute approximate surface area is 188 Å². The summed E-state index contributed by atoms with van der Waals surface area (Å²) in [6.45, 7) is 1.87. The number of carbonyl (C=O) groups excluding carboxylic acids is 2. The van der Waals surface area contributed by atoms with Gasteiger partial charge in [0.2, 0.25) is 5.91 Å². The number of para-hydroxylation sites is 3. The van der Waals surface area contributed by atoms with Gasteiger partial charge in [-0.2, -0.15) is 0 Å². The lowest BCUT2D eigenvalue weighted by molar-refractivity contribution is -0.121. The summed E-state index contributed by atoms with van der Waals surface area (Å²) in [6.07, 6.45) is 0. The van der Waals surface area contributed by atoms with Crippen LogP contribution in [0.15, 0.2) is 53.7 Å². The zero-order valence-corrected chi connectivity index (χ0v) is 18.5. The normalized spacial score (nSPS) is 14.0. The van der Waals surface area contributed by atoms with Gasteiger partial charge in [-0.1, -0.05) is 47.6 Å². The molecule has 0 unspecified atom stereocenters. The number of anilines is 2. The highest BCUT2D eigenvalue weighted by Crippen LogP contribution is 2.37. The van der Waals surface area contributed by atoms with E-state index >= 15 is 0 Å². The molecule has 2 amide bonds. The topological polar surface area (TPSA) is 89.4 Å². The molecule has 2 heterocycles. The summed E-state index contributed by atoms with van der Waals surface area (Å²) in [5.74, 6) is 1.06. The van der Waals surface area contributed by atoms with E-state index in [4.69, 9.17) is 16.3 Å². The number of rotatable bonds is 6. The lowest BCUT2D eigenvalue weighted by Gasteiger charge is -2.33. The van der Waals surface area contributed by atoms with Crippen molar-refractivity contribution in [2.24, 2.45) is 7.05 Å². The van der Waals surface area contributed by atoms with E-state index in [1.807, 2.05) is 38.2 Å². The van der Waals surface area contributed by atoms with Gasteiger partial charge in [0.15, 0.2) is 17.6 Å². The number of fused-ring (bicyclic) bond motifs is 1. The van der Waals surface area contributed by atoms with Crippen LogP contribution in [0.3, 0.4) is 0 Å². The van der Waals surface area contributed by atoms with Crippen LogP contribution >= 0.6 is 23.4 Å². The molecule has 0 saturated heterocycles. The van der Waals surface area contributed by atoms with Gasteiger partial charge in [0.05, 0.1) is 28.2 Å². The van der Waals surface area contributed by atoms with Crippen LogP contribution in [0.5, 0.6) is 5.75 Å². The summed E-state index contributed by atoms with van der Waals surface area (Å²) < 4.78 is 7.31. The second-order valence-corrected chi connectivity index (χ2v) is 8.26. The average Bonchev–Trinajstić information content (AvgIpc) is 3.14. The molecule has 1 aliphatic rings. The number of nitrogens with zero attached hydrogens (tertiary/aromatic N) is 4. The monoisotopic (exact) mass is 457 g/mol. The van der Waals surface area contributed by atoms with Crippen molar-refractivity contribution in [3.8, 4) is 5.75 Å². The third-order valence-corrected chi connectivity index (χ3v) is 6.20. The predicted octanol–water partition coefficient (Wildman–Crippen LogP) is 3.69. The SMILES string of the molecule is C[C@H](c1nnc(SCC(=O)Nc2ccccc2Cl)n1C)N1C(=O)COc2ccccc21. The second kappa shape index (κ2) is 8.99. The molecule has 4 rings (SSSR count). The number of aromatic nitrogens is 3. The molecule has 0 aliphatic carbocycles. The maximum atomic E-state index is 12.6. The lowest BCUT2D eigenvalue weighted by Crippen LogP contribution is -2.41. The Morgan fingerprint density at radius 2 is 1.97 bits per heavy atom. The number of amides is 2. The molecule has 1 atom stereocenters. The summed E-state index contributed by atoms with van der Waals surface area (Å²) in [7, 11) is 1.82. The molecule has 2 aromatic carbocycles. The Bertz CT molecular complexity index is 1140. The number of hydrogen-bond donors (Lipinski definition) is 1. The van der Waals surface area contributed by atoms with E-state index in [0.29, 0.717) is 33.1 Å². The zero-order valence-electron chi connectivity index (χ0n) is 16.9. The van der Waals surface area contributed by atoms with Crippen LogP contribution in [-0.4, -0.2) is 38.9 Å². The summed E-state index contributed by atoms with van der Waals surface area (Å²) >= 11 is 7.34. The van der Waals surface area contributed by atoms with Crippen LogP contribution in [0, 0.1) is 0 Å². The van der Waals surface area contributed by atoms with Gasteiger partial charge in [0, 0.05) is 7.05 Å². The van der Waals surface area contributed by atoms with E-state index in [-0.39, 0.29) is 30.2 Å². The number of benzene rings is 2. The Morgan fingerprint density at radius 3 is 2.77 bits per heavy atom. The minimum Gasteiger partial charge on any atom is -0.482 e. The van der Waals surface area contributed by atoms with Crippen molar-refractivity contribution in [1.29, 1.82) is 0 Å². The number of nitrogens with one attached hydrogen (secondary N) is 1. The van der Waals surface area contributed by atoms with Crippen molar-refractivity contribution in [2.75, 3.05) is 22.6 Å². The van der Waals surface area contributed by atoms with Crippen molar-refractivity contribution in [2.45, 2.75) is 18.1 Å². The molecule has 0 radical (unpaired) electrons. The van der Waals surface area contributed by atoms with Crippen molar-refractivity contribution in [3.05, 3.63) is 59.4 Å². The van der Waals surface area contributed by atoms with Crippen molar-refractivity contribution in [3.63, 3.8) is 0 Å². The van der Waals surface area contributed by atoms with Crippen LogP contribution in [0.4, 0.5) is 11.4 Å². The molecule has 1 N–H and O–H groups in total. The molecule has 0 spiro atoms. The molecule has 8 nitrogen and oxygen atoms in total. The van der Waals surface area contributed by atoms with E-state index in [1.165, 1.54) is 11.8 Å². The first-order valence-electron chi connectivity index (χ1n) is 9.56. The maximum absolute atomic E-state index is 12.6. The summed E-state index contributed by atoms with van der Waals surface area (Å²) in [4.78, 5) is 26.6. The Balaban J connectivity index is 1.46. The van der Waals surface area contributed by atoms with Crippen LogP contribution in [0.25, 0.3) is 0 Å². The smallest absolute Gasteiger partial charge is 0.265 e. The molecule has 1 aromatic heterocycles. The van der Waals surface area contributed by atoms with Crippen molar-refractivity contribution < 1.29 is 14.3 Å². The molecule has 10 heteroatoms. The minimum absolute atomic E-state index is 0.0248. The fraction of sp³-hybridized carbons (Fsp3) is 0.238. The van der Waals surface area contributed by atoms with Crippen molar-refractivity contribution in [1.82, 2.24) is 14.8 Å². The fourth-order valence-electron chi connectivity index (χ4n) is 3.36. The van der Waals surface area contributed by atoms with E-state index < -0.39 is 0 Å². The predicted molar refractivity (Wildman–Crippen MR) is 120 cm³/mol. The molecule has 0 fully saturated rings. The van der Waals surface area contributed by atoms with Gasteiger partial charge >= 0.3 is 0 Å². The third kappa shape index (κ3) is 4.38. The van der Waals surface area contributed by atoms with E-state index in [0.717, 1.165) is 0 Å². The van der Waals surface area contributed by atoms with Gasteiger partial charge in [0.1, 0.15) is 5.75 Å². The van der Waals surface area contributed by atoms with Gasteiger partial charge in [-0.25, -0.2) is 0 Å². The van der Waals surface area contributed by atoms with Gasteiger partial charge in [0.25, 0.3) is 5.91 Å². The second-order valence-electron chi connectivity index (χ2n) is 6.91. The van der Waals surface area contributed by atoms with Gasteiger partial charge in [-0.15, -0.1) is 10.2 Å². The lowest BCUT2D eigenvalue weighted by atomic mass is 10.1. The number of ether oxygens (including phenoxy) is 1. The molecule has 1 aliphatic heterocycles. The van der Waals surface area contributed by atoms with Crippen LogP contribution < -0.4 is 15.0 Å². The third-order valence-electron chi connectivity index (χ3n) is 4.85. The maximum Gasteiger partial charge on any atom is 0.265 e. The molecule has 0 bridgehead atoms.